The van der Waals surface area contributed by atoms with Gasteiger partial charge in [-0.05, 0) is 59.7 Å². The molecule has 1 fully saturated rings. The summed E-state index contributed by atoms with van der Waals surface area (Å²) in [7, 11) is 1.79. The Kier molecular flexibility index (Phi) is 12.1. The van der Waals surface area contributed by atoms with Gasteiger partial charge in [-0.1, -0.05) is 25.7 Å². The van der Waals surface area contributed by atoms with E-state index in [1.54, 1.807) is 7.05 Å². The standard InChI is InChI=1S/C19H39N3O2.2H2/c1-17(2)24-18-11-10-14-22(16-18)13-9-7-5-4-6-8-12-21-19(23)15-20-3;;/h17-18,20H,4-16H2,1-3H3,(H,21,23);2*1H. The highest BCUT2D eigenvalue weighted by Gasteiger charge is 2.20. The Hall–Kier alpha value is -0.650. The van der Waals surface area contributed by atoms with E-state index in [2.05, 4.69) is 29.4 Å². The molecule has 0 aromatic carbocycles. The first-order valence-electron chi connectivity index (χ1n) is 9.91. The van der Waals surface area contributed by atoms with Crippen molar-refractivity contribution in [3.63, 3.8) is 0 Å². The predicted octanol–water partition coefficient (Wildman–Crippen LogP) is 3.04. The van der Waals surface area contributed by atoms with E-state index in [-0.39, 0.29) is 8.76 Å². The minimum absolute atomic E-state index is 0. The highest BCUT2D eigenvalue weighted by molar-refractivity contribution is 5.77. The lowest BCUT2D eigenvalue weighted by molar-refractivity contribution is -0.120. The molecule has 5 nitrogen and oxygen atoms in total. The zero-order chi connectivity index (χ0) is 17.6. The number of unbranched alkanes of at least 4 members (excludes halogenated alkanes) is 5. The summed E-state index contributed by atoms with van der Waals surface area (Å²) in [5.41, 5.74) is 0. The predicted molar refractivity (Wildman–Crippen MR) is 105 cm³/mol. The Morgan fingerprint density at radius 2 is 1.92 bits per heavy atom. The lowest BCUT2D eigenvalue weighted by atomic mass is 10.1. The third-order valence-corrected chi connectivity index (χ3v) is 4.49. The second-order valence-corrected chi connectivity index (χ2v) is 7.25. The SMILES string of the molecule is CNCC(=O)NCCCCCCCCN1CCCC(OC(C)C)C1.[HH].[HH]. The fourth-order valence-corrected chi connectivity index (χ4v) is 3.33. The van der Waals surface area contributed by atoms with Crippen LogP contribution in [0.25, 0.3) is 0 Å². The lowest BCUT2D eigenvalue weighted by Crippen LogP contribution is -2.41. The third-order valence-electron chi connectivity index (χ3n) is 4.49. The van der Waals surface area contributed by atoms with Gasteiger partial charge in [0.1, 0.15) is 0 Å². The van der Waals surface area contributed by atoms with Crippen LogP contribution in [0.1, 0.15) is 68.1 Å². The lowest BCUT2D eigenvalue weighted by Gasteiger charge is -2.33. The highest BCUT2D eigenvalue weighted by atomic mass is 16.5. The van der Waals surface area contributed by atoms with Crippen molar-refractivity contribution in [1.29, 1.82) is 0 Å². The number of likely N-dealkylation sites (tertiary alicyclic amines) is 1. The molecule has 0 aliphatic carbocycles. The number of piperidine rings is 1. The summed E-state index contributed by atoms with van der Waals surface area (Å²) in [5.74, 6) is 0.0961. The second kappa shape index (κ2) is 13.6. The topological polar surface area (TPSA) is 53.6 Å². The minimum atomic E-state index is 0. The van der Waals surface area contributed by atoms with Gasteiger partial charge in [-0.25, -0.2) is 0 Å². The van der Waals surface area contributed by atoms with E-state index in [4.69, 9.17) is 4.74 Å². The second-order valence-electron chi connectivity index (χ2n) is 7.25. The summed E-state index contributed by atoms with van der Waals surface area (Å²) < 4.78 is 5.96. The van der Waals surface area contributed by atoms with Gasteiger partial charge in [0.15, 0.2) is 0 Å². The van der Waals surface area contributed by atoms with Crippen molar-refractivity contribution in [2.75, 3.05) is 39.8 Å². The number of rotatable bonds is 13. The molecule has 1 saturated heterocycles. The number of likely N-dealkylation sites (N-methyl/N-ethyl adjacent to an activating group) is 1. The molecular weight excluding hydrogens is 302 g/mol. The van der Waals surface area contributed by atoms with Gasteiger partial charge in [-0.3, -0.25) is 4.79 Å². The van der Waals surface area contributed by atoms with E-state index in [0.717, 1.165) is 19.5 Å². The molecule has 5 heteroatoms. The molecule has 0 radical (unpaired) electrons. The van der Waals surface area contributed by atoms with Crippen molar-refractivity contribution in [2.45, 2.75) is 77.4 Å². The van der Waals surface area contributed by atoms with Gasteiger partial charge >= 0.3 is 0 Å². The quantitative estimate of drug-likeness (QED) is 0.504. The maximum absolute atomic E-state index is 11.3. The molecule has 1 heterocycles. The Bertz CT molecular complexity index is 334. The number of carbonyl (C=O) groups is 1. The number of carbonyl (C=O) groups excluding carboxylic acids is 1. The number of ether oxygens (including phenoxy) is 1. The summed E-state index contributed by atoms with van der Waals surface area (Å²) in [6.45, 7) is 9.06. The van der Waals surface area contributed by atoms with Gasteiger partial charge in [0.05, 0.1) is 18.8 Å². The van der Waals surface area contributed by atoms with Gasteiger partial charge in [-0.15, -0.1) is 0 Å². The minimum Gasteiger partial charge on any atom is -0.374 e. The summed E-state index contributed by atoms with van der Waals surface area (Å²) in [6.07, 6.45) is 10.8. The molecule has 1 rings (SSSR count). The maximum Gasteiger partial charge on any atom is 0.233 e. The maximum atomic E-state index is 11.3. The number of nitrogens with zero attached hydrogens (tertiary/aromatic N) is 1. The molecule has 1 atom stereocenters. The normalized spacial score (nSPS) is 18.9. The molecule has 2 N–H and O–H groups in total. The smallest absolute Gasteiger partial charge is 0.233 e. The van der Waals surface area contributed by atoms with Crippen LogP contribution in [0, 0.1) is 0 Å². The summed E-state index contributed by atoms with van der Waals surface area (Å²) in [6, 6.07) is 0. The van der Waals surface area contributed by atoms with E-state index >= 15 is 0 Å². The summed E-state index contributed by atoms with van der Waals surface area (Å²) in [5, 5.41) is 5.78. The van der Waals surface area contributed by atoms with Crippen LogP contribution in [0.3, 0.4) is 0 Å². The molecule has 1 amide bonds. The van der Waals surface area contributed by atoms with Crippen LogP contribution in [-0.4, -0.2) is 62.8 Å². The Morgan fingerprint density at radius 3 is 2.62 bits per heavy atom. The zero-order valence-corrected chi connectivity index (χ0v) is 16.1. The summed E-state index contributed by atoms with van der Waals surface area (Å²) in [4.78, 5) is 13.8. The fourth-order valence-electron chi connectivity index (χ4n) is 3.33. The number of amides is 1. The van der Waals surface area contributed by atoms with Crippen molar-refractivity contribution in [3.8, 4) is 0 Å². The van der Waals surface area contributed by atoms with Gasteiger partial charge < -0.3 is 20.3 Å². The van der Waals surface area contributed by atoms with Crippen molar-refractivity contribution in [2.24, 2.45) is 0 Å². The van der Waals surface area contributed by atoms with Gasteiger partial charge in [0, 0.05) is 15.9 Å². The van der Waals surface area contributed by atoms with Crippen LogP contribution < -0.4 is 10.6 Å². The molecule has 0 spiro atoms. The van der Waals surface area contributed by atoms with Crippen molar-refractivity contribution in [1.82, 2.24) is 15.5 Å². The molecule has 146 valence electrons. The van der Waals surface area contributed by atoms with Crippen LogP contribution in [0.4, 0.5) is 0 Å². The molecule has 0 bridgehead atoms. The number of hydrogen-bond donors (Lipinski definition) is 2. The first kappa shape index (κ1) is 21.4. The molecule has 24 heavy (non-hydrogen) atoms. The van der Waals surface area contributed by atoms with E-state index in [1.807, 2.05) is 0 Å². The van der Waals surface area contributed by atoms with Crippen LogP contribution in [-0.2, 0) is 9.53 Å². The van der Waals surface area contributed by atoms with E-state index in [1.165, 1.54) is 58.0 Å². The molecule has 1 aliphatic heterocycles. The van der Waals surface area contributed by atoms with Gasteiger partial charge in [0.2, 0.25) is 5.91 Å². The van der Waals surface area contributed by atoms with E-state index in [0.29, 0.717) is 18.8 Å². The molecular formula is C19H43N3O2. The monoisotopic (exact) mass is 345 g/mol. The van der Waals surface area contributed by atoms with Crippen molar-refractivity contribution < 1.29 is 12.4 Å². The summed E-state index contributed by atoms with van der Waals surface area (Å²) >= 11 is 0. The molecule has 1 aliphatic rings. The van der Waals surface area contributed by atoms with Gasteiger partial charge in [0.25, 0.3) is 0 Å². The van der Waals surface area contributed by atoms with Gasteiger partial charge in [-0.2, -0.15) is 0 Å². The molecule has 1 unspecified atom stereocenters. The number of hydrogen-bond acceptors (Lipinski definition) is 4. The zero-order valence-electron chi connectivity index (χ0n) is 16.1. The van der Waals surface area contributed by atoms with Crippen LogP contribution in [0.2, 0.25) is 0 Å². The molecule has 0 aromatic rings. The third kappa shape index (κ3) is 11.0. The van der Waals surface area contributed by atoms with E-state index < -0.39 is 0 Å². The average Bonchev–Trinajstić information content (AvgIpc) is 2.53. The van der Waals surface area contributed by atoms with Crippen molar-refractivity contribution >= 4 is 5.91 Å². The molecule has 0 aromatic heterocycles. The van der Waals surface area contributed by atoms with Crippen LogP contribution in [0.15, 0.2) is 0 Å². The fraction of sp³-hybridized carbons (Fsp3) is 0.947. The Morgan fingerprint density at radius 1 is 1.21 bits per heavy atom. The highest BCUT2D eigenvalue weighted by Crippen LogP contribution is 2.16. The first-order chi connectivity index (χ1) is 11.6. The van der Waals surface area contributed by atoms with E-state index in [9.17, 15) is 4.79 Å². The number of nitrogens with one attached hydrogen (secondary N) is 2. The van der Waals surface area contributed by atoms with Crippen LogP contribution >= 0.6 is 0 Å². The van der Waals surface area contributed by atoms with Crippen molar-refractivity contribution in [3.05, 3.63) is 0 Å². The Labute approximate surface area is 151 Å². The molecule has 0 saturated carbocycles. The first-order valence-corrected chi connectivity index (χ1v) is 9.91. The Balaban J connectivity index is 0. The average molecular weight is 346 g/mol. The largest absolute Gasteiger partial charge is 0.374 e. The van der Waals surface area contributed by atoms with Crippen LogP contribution in [0.5, 0.6) is 0 Å².